The highest BCUT2D eigenvalue weighted by atomic mass is 16.4. The number of aliphatic hydroxyl groups is 1. The maximum Gasteiger partial charge on any atom is 0.314 e. The number of carboxylic acids is 1. The topological polar surface area (TPSA) is 123 Å². The van der Waals surface area contributed by atoms with Crippen LogP contribution in [0.1, 0.15) is 30.9 Å². The smallest absolute Gasteiger partial charge is 0.314 e. The molecule has 1 aromatic carbocycles. The summed E-state index contributed by atoms with van der Waals surface area (Å²) in [7, 11) is 0. The average molecular weight is 278 g/mol. The Hall–Kier alpha value is -2.41. The Labute approximate surface area is 112 Å². The van der Waals surface area contributed by atoms with Crippen LogP contribution in [0.5, 0.6) is 0 Å². The Bertz CT molecular complexity index is 746. The maximum atomic E-state index is 11.2. The Kier molecular flexibility index (Phi) is 3.99. The van der Waals surface area contributed by atoms with Crippen molar-refractivity contribution in [2.24, 2.45) is 0 Å². The van der Waals surface area contributed by atoms with Crippen LogP contribution >= 0.6 is 0 Å². The quantitative estimate of drug-likeness (QED) is 0.593. The maximum absolute atomic E-state index is 11.2. The minimum Gasteiger partial charge on any atom is -0.481 e. The van der Waals surface area contributed by atoms with Crippen molar-refractivity contribution in [2.45, 2.75) is 25.4 Å². The lowest BCUT2D eigenvalue weighted by molar-refractivity contribution is -0.137. The molecule has 0 saturated carbocycles. The highest BCUT2D eigenvalue weighted by molar-refractivity contribution is 5.74. The van der Waals surface area contributed by atoms with Crippen LogP contribution in [0.25, 0.3) is 11.0 Å². The van der Waals surface area contributed by atoms with Crippen molar-refractivity contribution >= 4 is 17.0 Å². The molecule has 0 aliphatic rings. The van der Waals surface area contributed by atoms with Crippen molar-refractivity contribution in [3.05, 3.63) is 44.5 Å². The first-order chi connectivity index (χ1) is 9.47. The van der Waals surface area contributed by atoms with E-state index in [1.165, 1.54) is 0 Å². The molecule has 0 radical (unpaired) electrons. The van der Waals surface area contributed by atoms with Gasteiger partial charge in [0.05, 0.1) is 17.1 Å². The fourth-order valence-corrected chi connectivity index (χ4v) is 1.95. The lowest BCUT2D eigenvalue weighted by Crippen LogP contribution is -2.28. The van der Waals surface area contributed by atoms with E-state index in [0.717, 1.165) is 0 Å². The molecule has 0 aliphatic heterocycles. The molecule has 1 heterocycles. The average Bonchev–Trinajstić information content (AvgIpc) is 2.39. The number of aliphatic hydroxyl groups excluding tert-OH is 1. The predicted molar refractivity (Wildman–Crippen MR) is 71.6 cm³/mol. The van der Waals surface area contributed by atoms with Crippen molar-refractivity contribution in [2.75, 3.05) is 0 Å². The molecular weight excluding hydrogens is 264 g/mol. The number of carboxylic acid groups (broad SMARTS) is 1. The van der Waals surface area contributed by atoms with Crippen LogP contribution in [0.15, 0.2) is 27.8 Å². The third kappa shape index (κ3) is 3.12. The first kappa shape index (κ1) is 14.0. The molecule has 1 unspecified atom stereocenters. The highest BCUT2D eigenvalue weighted by Crippen LogP contribution is 2.21. The van der Waals surface area contributed by atoms with Gasteiger partial charge in [0.15, 0.2) is 0 Å². The van der Waals surface area contributed by atoms with E-state index in [9.17, 15) is 19.5 Å². The zero-order chi connectivity index (χ0) is 14.7. The Morgan fingerprint density at radius 1 is 1.15 bits per heavy atom. The van der Waals surface area contributed by atoms with Crippen LogP contribution in [0, 0.1) is 0 Å². The van der Waals surface area contributed by atoms with Crippen molar-refractivity contribution in [1.29, 1.82) is 0 Å². The van der Waals surface area contributed by atoms with E-state index in [0.29, 0.717) is 29.4 Å². The second-order valence-electron chi connectivity index (χ2n) is 4.52. The summed E-state index contributed by atoms with van der Waals surface area (Å²) < 4.78 is 0. The lowest BCUT2D eigenvalue weighted by atomic mass is 10.0. The Morgan fingerprint density at radius 2 is 1.80 bits per heavy atom. The monoisotopic (exact) mass is 278 g/mol. The van der Waals surface area contributed by atoms with E-state index in [-0.39, 0.29) is 6.42 Å². The molecule has 2 rings (SSSR count). The third-order valence-corrected chi connectivity index (χ3v) is 3.00. The Balaban J connectivity index is 2.22. The number of aliphatic carboxylic acids is 1. The van der Waals surface area contributed by atoms with E-state index >= 15 is 0 Å². The van der Waals surface area contributed by atoms with E-state index in [1.54, 1.807) is 18.2 Å². The SMILES string of the molecule is O=C(O)CCCC(O)c1ccc2[nH]c(=O)c(=O)[nH]c2c1. The fraction of sp³-hybridized carbons (Fsp3) is 0.308. The summed E-state index contributed by atoms with van der Waals surface area (Å²) in [6, 6.07) is 4.78. The summed E-state index contributed by atoms with van der Waals surface area (Å²) >= 11 is 0. The summed E-state index contributed by atoms with van der Waals surface area (Å²) in [5.74, 6) is -0.905. The summed E-state index contributed by atoms with van der Waals surface area (Å²) in [5.41, 5.74) is -0.0340. The van der Waals surface area contributed by atoms with Gasteiger partial charge < -0.3 is 20.2 Å². The van der Waals surface area contributed by atoms with Gasteiger partial charge in [0.25, 0.3) is 0 Å². The third-order valence-electron chi connectivity index (χ3n) is 3.00. The number of carbonyl (C=O) groups is 1. The number of rotatable bonds is 5. The molecule has 0 saturated heterocycles. The number of benzene rings is 1. The highest BCUT2D eigenvalue weighted by Gasteiger charge is 2.10. The summed E-state index contributed by atoms with van der Waals surface area (Å²) in [5, 5.41) is 18.5. The van der Waals surface area contributed by atoms with Gasteiger partial charge in [0, 0.05) is 6.42 Å². The molecule has 0 bridgehead atoms. The van der Waals surface area contributed by atoms with Gasteiger partial charge in [-0.2, -0.15) is 0 Å². The van der Waals surface area contributed by atoms with Crippen LogP contribution in [0.4, 0.5) is 0 Å². The van der Waals surface area contributed by atoms with Gasteiger partial charge in [-0.3, -0.25) is 14.4 Å². The van der Waals surface area contributed by atoms with Gasteiger partial charge in [-0.1, -0.05) is 6.07 Å². The molecule has 7 nitrogen and oxygen atoms in total. The number of hydrogen-bond acceptors (Lipinski definition) is 4. The predicted octanol–water partition coefficient (Wildman–Crippen LogP) is 0.505. The molecule has 20 heavy (non-hydrogen) atoms. The number of aromatic nitrogens is 2. The zero-order valence-electron chi connectivity index (χ0n) is 10.5. The number of fused-ring (bicyclic) bond motifs is 1. The van der Waals surface area contributed by atoms with Crippen molar-refractivity contribution in [1.82, 2.24) is 9.97 Å². The zero-order valence-corrected chi connectivity index (χ0v) is 10.5. The van der Waals surface area contributed by atoms with Gasteiger partial charge in [0.1, 0.15) is 0 Å². The van der Waals surface area contributed by atoms with E-state index in [4.69, 9.17) is 5.11 Å². The molecule has 4 N–H and O–H groups in total. The van der Waals surface area contributed by atoms with Gasteiger partial charge in [0.2, 0.25) is 0 Å². The van der Waals surface area contributed by atoms with E-state index < -0.39 is 23.2 Å². The normalized spacial score (nSPS) is 12.4. The molecule has 0 aliphatic carbocycles. The molecule has 0 spiro atoms. The number of hydrogen-bond donors (Lipinski definition) is 4. The number of aromatic amines is 2. The lowest BCUT2D eigenvalue weighted by Gasteiger charge is -2.10. The minimum absolute atomic E-state index is 0.00516. The van der Waals surface area contributed by atoms with Crippen molar-refractivity contribution in [3.8, 4) is 0 Å². The van der Waals surface area contributed by atoms with Crippen LogP contribution in [0.3, 0.4) is 0 Å². The van der Waals surface area contributed by atoms with E-state index in [1.807, 2.05) is 0 Å². The van der Waals surface area contributed by atoms with Crippen molar-refractivity contribution in [3.63, 3.8) is 0 Å². The molecule has 0 fully saturated rings. The van der Waals surface area contributed by atoms with Crippen LogP contribution in [-0.4, -0.2) is 26.2 Å². The molecular formula is C13H14N2O5. The van der Waals surface area contributed by atoms with Gasteiger partial charge in [-0.05, 0) is 30.5 Å². The summed E-state index contributed by atoms with van der Waals surface area (Å²) in [6.07, 6.45) is -0.147. The molecule has 1 aromatic heterocycles. The minimum atomic E-state index is -0.905. The van der Waals surface area contributed by atoms with Crippen molar-refractivity contribution < 1.29 is 15.0 Å². The number of H-pyrrole nitrogens is 2. The molecule has 7 heteroatoms. The summed E-state index contributed by atoms with van der Waals surface area (Å²) in [4.78, 5) is 37.6. The molecule has 2 aromatic rings. The fourth-order valence-electron chi connectivity index (χ4n) is 1.95. The van der Waals surface area contributed by atoms with Gasteiger partial charge >= 0.3 is 17.1 Å². The van der Waals surface area contributed by atoms with Gasteiger partial charge in [-0.25, -0.2) is 0 Å². The Morgan fingerprint density at radius 3 is 2.45 bits per heavy atom. The largest absolute Gasteiger partial charge is 0.481 e. The molecule has 106 valence electrons. The number of nitrogens with one attached hydrogen (secondary N) is 2. The van der Waals surface area contributed by atoms with Crippen LogP contribution in [0.2, 0.25) is 0 Å². The molecule has 1 atom stereocenters. The van der Waals surface area contributed by atoms with Crippen LogP contribution < -0.4 is 11.1 Å². The second kappa shape index (κ2) is 5.70. The van der Waals surface area contributed by atoms with Crippen LogP contribution in [-0.2, 0) is 4.79 Å². The molecule has 0 amide bonds. The summed E-state index contributed by atoms with van der Waals surface area (Å²) in [6.45, 7) is 0. The van der Waals surface area contributed by atoms with Gasteiger partial charge in [-0.15, -0.1) is 0 Å². The first-order valence-electron chi connectivity index (χ1n) is 6.13. The first-order valence-corrected chi connectivity index (χ1v) is 6.13. The second-order valence-corrected chi connectivity index (χ2v) is 4.52. The standard InChI is InChI=1S/C13H14N2O5/c16-10(2-1-3-11(17)18)7-4-5-8-9(6-7)15-13(20)12(19)14-8/h4-6,10,16H,1-3H2,(H,14,19)(H,15,20)(H,17,18). The van der Waals surface area contributed by atoms with E-state index in [2.05, 4.69) is 9.97 Å².